The maximum Gasteiger partial charge on any atom is 0.410 e. The highest BCUT2D eigenvalue weighted by Crippen LogP contribution is 2.20. The number of aldehydes is 1. The smallest absolute Gasteiger partial charge is 0.410 e. The molecule has 0 saturated carbocycles. The molecule has 168 valence electrons. The number of carbonyl (C=O) groups is 2. The molecule has 0 aliphatic carbocycles. The number of amides is 1. The van der Waals surface area contributed by atoms with Gasteiger partial charge in [-0.25, -0.2) is 4.79 Å². The summed E-state index contributed by atoms with van der Waals surface area (Å²) in [4.78, 5) is 40.1. The number of aryl methyl sites for hydroxylation is 1. The lowest BCUT2D eigenvalue weighted by Gasteiger charge is -2.32. The van der Waals surface area contributed by atoms with E-state index in [9.17, 15) is 14.4 Å². The fourth-order valence-corrected chi connectivity index (χ4v) is 4.77. The first kappa shape index (κ1) is 23.8. The van der Waals surface area contributed by atoms with E-state index in [2.05, 4.69) is 10.3 Å². The van der Waals surface area contributed by atoms with Crippen molar-refractivity contribution >= 4 is 46.9 Å². The van der Waals surface area contributed by atoms with Crippen LogP contribution < -0.4 is 10.2 Å². The number of aromatic amines is 1. The van der Waals surface area contributed by atoms with Crippen molar-refractivity contribution in [3.05, 3.63) is 54.5 Å². The van der Waals surface area contributed by atoms with E-state index in [1.54, 1.807) is 29.3 Å². The third-order valence-electron chi connectivity index (χ3n) is 5.24. The summed E-state index contributed by atoms with van der Waals surface area (Å²) in [5, 5.41) is 4.44. The molecular weight excluding hydrogens is 461 g/mol. The summed E-state index contributed by atoms with van der Waals surface area (Å²) in [5.41, 5.74) is 0.745. The van der Waals surface area contributed by atoms with Crippen molar-refractivity contribution in [2.24, 2.45) is 5.92 Å². The number of hydrogen-bond donors (Lipinski definition) is 2. The number of hydrogen-bond acceptors (Lipinski definition) is 6. The lowest BCUT2D eigenvalue weighted by atomic mass is 10.0. The van der Waals surface area contributed by atoms with Crippen LogP contribution in [0.1, 0.15) is 29.7 Å². The quantitative estimate of drug-likeness (QED) is 0.525. The van der Waals surface area contributed by atoms with Crippen LogP contribution in [0.25, 0.3) is 0 Å². The number of thiazole rings is 1. The van der Waals surface area contributed by atoms with Crippen molar-refractivity contribution in [2.75, 3.05) is 19.6 Å². The Hall–Kier alpha value is -1.87. The molecule has 31 heavy (non-hydrogen) atoms. The first-order valence-electron chi connectivity index (χ1n) is 10.2. The number of carbonyl (C=O) groups excluding carboxylic acids is 2. The predicted octanol–water partition coefficient (Wildman–Crippen LogP) is 3.88. The molecule has 7 nitrogen and oxygen atoms in total. The van der Waals surface area contributed by atoms with E-state index in [4.69, 9.17) is 27.9 Å². The van der Waals surface area contributed by atoms with Crippen molar-refractivity contribution in [3.63, 3.8) is 0 Å². The lowest BCUT2D eigenvalue weighted by molar-refractivity contribution is -0.111. The van der Waals surface area contributed by atoms with Gasteiger partial charge in [0.1, 0.15) is 12.9 Å². The van der Waals surface area contributed by atoms with Gasteiger partial charge in [0.15, 0.2) is 0 Å². The van der Waals surface area contributed by atoms with E-state index in [0.717, 1.165) is 29.6 Å². The molecule has 1 atom stereocenters. The molecule has 1 saturated heterocycles. The second-order valence-electron chi connectivity index (χ2n) is 7.58. The van der Waals surface area contributed by atoms with Crippen molar-refractivity contribution < 1.29 is 14.3 Å². The Morgan fingerprint density at radius 1 is 1.29 bits per heavy atom. The summed E-state index contributed by atoms with van der Waals surface area (Å²) in [6.45, 7) is 1.90. The number of nitrogens with one attached hydrogen (secondary N) is 2. The van der Waals surface area contributed by atoms with Gasteiger partial charge in [-0.15, -0.1) is 0 Å². The zero-order valence-corrected chi connectivity index (χ0v) is 19.3. The highest BCUT2D eigenvalue weighted by atomic mass is 35.5. The van der Waals surface area contributed by atoms with E-state index in [1.807, 2.05) is 0 Å². The molecule has 2 N–H and O–H groups in total. The Morgan fingerprint density at radius 2 is 2.00 bits per heavy atom. The van der Waals surface area contributed by atoms with E-state index < -0.39 is 0 Å². The van der Waals surface area contributed by atoms with Crippen LogP contribution in [-0.4, -0.2) is 47.9 Å². The maximum absolute atomic E-state index is 12.3. The zero-order chi connectivity index (χ0) is 22.2. The molecule has 0 bridgehead atoms. The Balaban J connectivity index is 1.35. The third kappa shape index (κ3) is 7.64. The Bertz CT molecular complexity index is 920. The fraction of sp³-hybridized carbons (Fsp3) is 0.476. The van der Waals surface area contributed by atoms with Crippen molar-refractivity contribution in [1.29, 1.82) is 0 Å². The molecule has 2 heterocycles. The fourth-order valence-electron chi connectivity index (χ4n) is 3.50. The lowest BCUT2D eigenvalue weighted by Crippen LogP contribution is -2.46. The van der Waals surface area contributed by atoms with Gasteiger partial charge in [0.25, 0.3) is 0 Å². The Morgan fingerprint density at radius 3 is 2.61 bits per heavy atom. The molecule has 1 unspecified atom stereocenters. The second kappa shape index (κ2) is 11.7. The molecule has 2 aromatic rings. The van der Waals surface area contributed by atoms with Crippen LogP contribution in [0.2, 0.25) is 10.0 Å². The standard InChI is InChI=1S/C21H25Cl2N3O4S/c22-16-7-15(8-17(23)9-16)13-30-21(29)26-5-3-18(4-6-26)24-10-14(12-27)1-2-19-11-25-20(28)31-19/h7-9,11-12,14,18,24H,1-6,10,13H2,(H,25,28). The van der Waals surface area contributed by atoms with Gasteiger partial charge in [0.05, 0.1) is 0 Å². The summed E-state index contributed by atoms with van der Waals surface area (Å²) in [7, 11) is 0. The van der Waals surface area contributed by atoms with Crippen LogP contribution in [0.15, 0.2) is 29.2 Å². The van der Waals surface area contributed by atoms with Gasteiger partial charge in [-0.05, 0) is 49.4 Å². The van der Waals surface area contributed by atoms with Crippen LogP contribution in [0.4, 0.5) is 4.79 Å². The van der Waals surface area contributed by atoms with Crippen molar-refractivity contribution in [3.8, 4) is 0 Å². The van der Waals surface area contributed by atoms with Gasteiger partial charge >= 0.3 is 11.0 Å². The van der Waals surface area contributed by atoms with Gasteiger partial charge in [-0.1, -0.05) is 34.5 Å². The predicted molar refractivity (Wildman–Crippen MR) is 122 cm³/mol. The van der Waals surface area contributed by atoms with Crippen LogP contribution in [0.5, 0.6) is 0 Å². The average molecular weight is 486 g/mol. The number of halogens is 2. The summed E-state index contributed by atoms with van der Waals surface area (Å²) < 4.78 is 5.38. The van der Waals surface area contributed by atoms with Gasteiger partial charge in [-0.2, -0.15) is 0 Å². The molecule has 3 rings (SSSR count). The summed E-state index contributed by atoms with van der Waals surface area (Å²) >= 11 is 13.1. The number of aromatic nitrogens is 1. The molecular formula is C21H25Cl2N3O4S. The van der Waals surface area contributed by atoms with Gasteiger partial charge in [0.2, 0.25) is 0 Å². The minimum Gasteiger partial charge on any atom is -0.445 e. The van der Waals surface area contributed by atoms with E-state index >= 15 is 0 Å². The topological polar surface area (TPSA) is 91.5 Å². The molecule has 1 aromatic carbocycles. The summed E-state index contributed by atoms with van der Waals surface area (Å²) in [6, 6.07) is 5.32. The Labute approximate surface area is 194 Å². The van der Waals surface area contributed by atoms with Crippen molar-refractivity contribution in [1.82, 2.24) is 15.2 Å². The number of rotatable bonds is 9. The summed E-state index contributed by atoms with van der Waals surface area (Å²) in [6.07, 6.45) is 5.31. The van der Waals surface area contributed by atoms with Crippen LogP contribution in [-0.2, 0) is 22.6 Å². The highest BCUT2D eigenvalue weighted by Gasteiger charge is 2.24. The minimum atomic E-state index is -0.356. The molecule has 1 aliphatic heterocycles. The van der Waals surface area contributed by atoms with Crippen LogP contribution in [0.3, 0.4) is 0 Å². The highest BCUT2D eigenvalue weighted by molar-refractivity contribution is 7.09. The largest absolute Gasteiger partial charge is 0.445 e. The molecule has 1 aliphatic rings. The van der Waals surface area contributed by atoms with Crippen LogP contribution >= 0.6 is 34.5 Å². The monoisotopic (exact) mass is 485 g/mol. The molecule has 1 amide bonds. The number of benzene rings is 1. The normalized spacial score (nSPS) is 15.6. The molecule has 0 spiro atoms. The number of piperidine rings is 1. The van der Waals surface area contributed by atoms with Crippen molar-refractivity contribution in [2.45, 2.75) is 38.3 Å². The molecule has 1 aromatic heterocycles. The first-order chi connectivity index (χ1) is 14.9. The molecule has 1 fully saturated rings. The summed E-state index contributed by atoms with van der Waals surface area (Å²) in [5.74, 6) is -0.107. The SMILES string of the molecule is O=CC(CCc1c[nH]c(=O)s1)CNC1CCN(C(=O)OCc2cc(Cl)cc(Cl)c2)CC1. The Kier molecular flexibility index (Phi) is 8.95. The molecule has 10 heteroatoms. The van der Waals surface area contributed by atoms with Gasteiger partial charge in [0, 0.05) is 52.7 Å². The minimum absolute atomic E-state index is 0.0718. The van der Waals surface area contributed by atoms with E-state index in [0.29, 0.717) is 42.5 Å². The first-order valence-corrected chi connectivity index (χ1v) is 11.7. The van der Waals surface area contributed by atoms with E-state index in [1.165, 1.54) is 11.3 Å². The zero-order valence-electron chi connectivity index (χ0n) is 16.9. The van der Waals surface area contributed by atoms with E-state index in [-0.39, 0.29) is 29.5 Å². The molecule has 0 radical (unpaired) electrons. The average Bonchev–Trinajstić information content (AvgIpc) is 3.17. The number of likely N-dealkylation sites (tertiary alicyclic amines) is 1. The maximum atomic E-state index is 12.3. The second-order valence-corrected chi connectivity index (χ2v) is 9.55. The number of H-pyrrole nitrogens is 1. The van der Waals surface area contributed by atoms with Gasteiger partial charge in [-0.3, -0.25) is 4.79 Å². The van der Waals surface area contributed by atoms with Gasteiger partial charge < -0.3 is 24.7 Å². The van der Waals surface area contributed by atoms with Crippen LogP contribution in [0, 0.1) is 5.92 Å². The number of nitrogens with zero attached hydrogens (tertiary/aromatic N) is 1. The number of ether oxygens (including phenoxy) is 1. The third-order valence-corrected chi connectivity index (χ3v) is 6.56.